The quantitative estimate of drug-likeness (QED) is 0.244. The van der Waals surface area contributed by atoms with Gasteiger partial charge in [-0.1, -0.05) is 26.2 Å². The summed E-state index contributed by atoms with van der Waals surface area (Å²) in [5.74, 6) is -0.762. The van der Waals surface area contributed by atoms with Gasteiger partial charge in [-0.25, -0.2) is 4.99 Å². The van der Waals surface area contributed by atoms with Crippen LogP contribution in [0, 0.1) is 0 Å². The van der Waals surface area contributed by atoms with E-state index in [1.165, 1.54) is 0 Å². The van der Waals surface area contributed by atoms with Crippen LogP contribution in [0.25, 0.3) is 0 Å². The van der Waals surface area contributed by atoms with Gasteiger partial charge in [-0.2, -0.15) is 4.99 Å². The molecule has 7 heteroatoms. The number of guanidine groups is 2. The minimum Gasteiger partial charge on any atom is -0.464 e. The molecular formula is C10H21N5O2. The first kappa shape index (κ1) is 15.2. The summed E-state index contributed by atoms with van der Waals surface area (Å²) < 4.78 is 4.93. The van der Waals surface area contributed by atoms with Gasteiger partial charge in [-0.15, -0.1) is 0 Å². The molecule has 0 bridgehead atoms. The summed E-state index contributed by atoms with van der Waals surface area (Å²) in [6, 6.07) is 0. The minimum absolute atomic E-state index is 0.132. The number of nitrogens with two attached hydrogens (primary N) is 3. The predicted molar refractivity (Wildman–Crippen MR) is 67.4 cm³/mol. The highest BCUT2D eigenvalue weighted by Gasteiger charge is 2.01. The van der Waals surface area contributed by atoms with Gasteiger partial charge in [0.2, 0.25) is 5.96 Å². The first-order valence-corrected chi connectivity index (χ1v) is 5.61. The lowest BCUT2D eigenvalue weighted by molar-refractivity contribution is -0.141. The zero-order valence-corrected chi connectivity index (χ0v) is 10.2. The van der Waals surface area contributed by atoms with Gasteiger partial charge in [-0.3, -0.25) is 4.79 Å². The molecule has 0 aliphatic heterocycles. The van der Waals surface area contributed by atoms with Gasteiger partial charge in [0.1, 0.15) is 6.54 Å². The molecule has 7 nitrogen and oxygen atoms in total. The number of hydrogen-bond acceptors (Lipinski definition) is 3. The van der Waals surface area contributed by atoms with Crippen LogP contribution in [-0.2, 0) is 9.53 Å². The summed E-state index contributed by atoms with van der Waals surface area (Å²) in [5.41, 5.74) is 15.5. The summed E-state index contributed by atoms with van der Waals surface area (Å²) in [6.45, 7) is 2.36. The maximum absolute atomic E-state index is 11.2. The van der Waals surface area contributed by atoms with Gasteiger partial charge in [0.05, 0.1) is 6.61 Å². The molecule has 0 radical (unpaired) electrons. The van der Waals surface area contributed by atoms with Crippen LogP contribution in [0.2, 0.25) is 0 Å². The van der Waals surface area contributed by atoms with E-state index in [9.17, 15) is 4.79 Å². The lowest BCUT2D eigenvalue weighted by Crippen LogP contribution is -2.26. The van der Waals surface area contributed by atoms with Crippen molar-refractivity contribution >= 4 is 17.9 Å². The van der Waals surface area contributed by atoms with Crippen LogP contribution in [0.15, 0.2) is 9.98 Å². The van der Waals surface area contributed by atoms with Crippen molar-refractivity contribution in [3.63, 3.8) is 0 Å². The molecule has 0 saturated carbocycles. The molecule has 6 N–H and O–H groups in total. The van der Waals surface area contributed by atoms with E-state index in [1.807, 2.05) is 0 Å². The SMILES string of the molecule is CCCCCCOC(=O)CN=C(N)N=C(N)N. The van der Waals surface area contributed by atoms with Crippen LogP contribution < -0.4 is 17.2 Å². The number of nitrogens with zero attached hydrogens (tertiary/aromatic N) is 2. The number of rotatable bonds is 7. The Morgan fingerprint density at radius 1 is 1.18 bits per heavy atom. The van der Waals surface area contributed by atoms with Gasteiger partial charge < -0.3 is 21.9 Å². The average Bonchev–Trinajstić information content (AvgIpc) is 2.25. The molecule has 0 spiro atoms. The van der Waals surface area contributed by atoms with E-state index in [2.05, 4.69) is 16.9 Å². The van der Waals surface area contributed by atoms with E-state index in [0.29, 0.717) is 6.61 Å². The number of ether oxygens (including phenoxy) is 1. The Labute approximate surface area is 101 Å². The molecule has 0 amide bonds. The molecule has 0 aliphatic rings. The van der Waals surface area contributed by atoms with Crippen LogP contribution in [-0.4, -0.2) is 31.0 Å². The van der Waals surface area contributed by atoms with Gasteiger partial charge in [0.25, 0.3) is 0 Å². The van der Waals surface area contributed by atoms with E-state index >= 15 is 0 Å². The van der Waals surface area contributed by atoms with Crippen LogP contribution in [0.4, 0.5) is 0 Å². The third-order valence-electron chi connectivity index (χ3n) is 1.87. The predicted octanol–water partition coefficient (Wildman–Crippen LogP) is -0.302. The highest BCUT2D eigenvalue weighted by atomic mass is 16.5. The monoisotopic (exact) mass is 243 g/mol. The summed E-state index contributed by atoms with van der Waals surface area (Å²) in [4.78, 5) is 18.3. The van der Waals surface area contributed by atoms with Crippen LogP contribution in [0.1, 0.15) is 32.6 Å². The van der Waals surface area contributed by atoms with E-state index in [-0.39, 0.29) is 18.5 Å². The third kappa shape index (κ3) is 10.5. The van der Waals surface area contributed by atoms with Crippen LogP contribution >= 0.6 is 0 Å². The number of unbranched alkanes of at least 4 members (excludes halogenated alkanes) is 3. The maximum Gasteiger partial charge on any atom is 0.327 e. The summed E-state index contributed by atoms with van der Waals surface area (Å²) in [6.07, 6.45) is 4.22. The van der Waals surface area contributed by atoms with Crippen molar-refractivity contribution in [1.29, 1.82) is 0 Å². The standard InChI is InChI=1S/C10H21N5O2/c1-2-3-4-5-6-17-8(16)7-14-10(13)15-9(11)12/h2-7H2,1H3,(H6,11,12,13,14,15). The van der Waals surface area contributed by atoms with E-state index in [0.717, 1.165) is 25.7 Å². The minimum atomic E-state index is -0.435. The Kier molecular flexibility index (Phi) is 8.44. The molecular weight excluding hydrogens is 222 g/mol. The third-order valence-corrected chi connectivity index (χ3v) is 1.87. The molecule has 0 aromatic heterocycles. The number of esters is 1. The number of carbonyl (C=O) groups is 1. The normalized spacial score (nSPS) is 11.0. The van der Waals surface area contributed by atoms with Crippen molar-refractivity contribution in [2.75, 3.05) is 13.2 Å². The Morgan fingerprint density at radius 2 is 1.88 bits per heavy atom. The number of aliphatic imine (C=N–C) groups is 2. The maximum atomic E-state index is 11.2. The smallest absolute Gasteiger partial charge is 0.327 e. The molecule has 0 heterocycles. The van der Waals surface area contributed by atoms with Crippen molar-refractivity contribution in [3.8, 4) is 0 Å². The molecule has 0 unspecified atom stereocenters. The second-order valence-electron chi connectivity index (χ2n) is 3.49. The number of hydrogen-bond donors (Lipinski definition) is 3. The van der Waals surface area contributed by atoms with Gasteiger partial charge in [0.15, 0.2) is 5.96 Å². The summed E-state index contributed by atoms with van der Waals surface area (Å²) >= 11 is 0. The Balaban J connectivity index is 3.69. The molecule has 0 rings (SSSR count). The summed E-state index contributed by atoms with van der Waals surface area (Å²) in [5, 5.41) is 0. The Bertz CT molecular complexity index is 284. The molecule has 98 valence electrons. The molecule has 0 atom stereocenters. The molecule has 0 aromatic carbocycles. The first-order chi connectivity index (χ1) is 8.06. The molecule has 17 heavy (non-hydrogen) atoms. The van der Waals surface area contributed by atoms with Crippen molar-refractivity contribution < 1.29 is 9.53 Å². The largest absolute Gasteiger partial charge is 0.464 e. The highest BCUT2D eigenvalue weighted by Crippen LogP contribution is 1.98. The molecule has 0 saturated heterocycles. The first-order valence-electron chi connectivity index (χ1n) is 5.61. The van der Waals surface area contributed by atoms with Crippen LogP contribution in [0.5, 0.6) is 0 Å². The van der Waals surface area contributed by atoms with Crippen molar-refractivity contribution in [1.82, 2.24) is 0 Å². The van der Waals surface area contributed by atoms with E-state index in [1.54, 1.807) is 0 Å². The van der Waals surface area contributed by atoms with Gasteiger partial charge >= 0.3 is 5.97 Å². The molecule has 0 aromatic rings. The van der Waals surface area contributed by atoms with Crippen molar-refractivity contribution in [3.05, 3.63) is 0 Å². The topological polar surface area (TPSA) is 129 Å². The second kappa shape index (κ2) is 9.44. The molecule has 0 fully saturated rings. The Hall–Kier alpha value is -1.79. The fourth-order valence-electron chi connectivity index (χ4n) is 1.07. The van der Waals surface area contributed by atoms with Crippen LogP contribution in [0.3, 0.4) is 0 Å². The second-order valence-corrected chi connectivity index (χ2v) is 3.49. The molecule has 0 aliphatic carbocycles. The lowest BCUT2D eigenvalue weighted by atomic mass is 10.2. The zero-order valence-electron chi connectivity index (χ0n) is 10.2. The van der Waals surface area contributed by atoms with E-state index < -0.39 is 5.97 Å². The van der Waals surface area contributed by atoms with Crippen molar-refractivity contribution in [2.45, 2.75) is 32.6 Å². The highest BCUT2D eigenvalue weighted by molar-refractivity contribution is 5.93. The summed E-state index contributed by atoms with van der Waals surface area (Å²) in [7, 11) is 0. The lowest BCUT2D eigenvalue weighted by Gasteiger charge is -2.02. The number of carbonyl (C=O) groups excluding carboxylic acids is 1. The average molecular weight is 243 g/mol. The van der Waals surface area contributed by atoms with E-state index in [4.69, 9.17) is 21.9 Å². The van der Waals surface area contributed by atoms with Crippen molar-refractivity contribution in [2.24, 2.45) is 27.2 Å². The zero-order chi connectivity index (χ0) is 13.1. The fraction of sp³-hybridized carbons (Fsp3) is 0.700. The van der Waals surface area contributed by atoms with Gasteiger partial charge in [0, 0.05) is 0 Å². The Morgan fingerprint density at radius 3 is 2.47 bits per heavy atom. The van der Waals surface area contributed by atoms with Gasteiger partial charge in [-0.05, 0) is 6.42 Å². The fourth-order valence-corrected chi connectivity index (χ4v) is 1.07.